The summed E-state index contributed by atoms with van der Waals surface area (Å²) in [5, 5.41) is 4.91. The van der Waals surface area contributed by atoms with Crippen LogP contribution in [0.25, 0.3) is 0 Å². The van der Waals surface area contributed by atoms with E-state index in [1.807, 2.05) is 20.9 Å². The number of hydrogen-bond donors (Lipinski definition) is 0. The van der Waals surface area contributed by atoms with Gasteiger partial charge in [0.05, 0.1) is 22.8 Å². The van der Waals surface area contributed by atoms with E-state index in [1.54, 1.807) is 23.0 Å². The normalized spacial score (nSPS) is 10.7. The van der Waals surface area contributed by atoms with Crippen LogP contribution < -0.4 is 0 Å². The Labute approximate surface area is 117 Å². The molecule has 0 saturated carbocycles. The highest BCUT2D eigenvalue weighted by Crippen LogP contribution is 2.22. The zero-order valence-electron chi connectivity index (χ0n) is 11.3. The molecule has 0 aliphatic rings. The number of aryl methyl sites for hydroxylation is 3. The van der Waals surface area contributed by atoms with Gasteiger partial charge in [-0.05, 0) is 25.5 Å². The molecule has 100 valence electrons. The summed E-state index contributed by atoms with van der Waals surface area (Å²) in [4.78, 5) is 16.4. The minimum absolute atomic E-state index is 0.0122. The van der Waals surface area contributed by atoms with E-state index >= 15 is 0 Å². The summed E-state index contributed by atoms with van der Waals surface area (Å²) in [5.74, 6) is 0.0122. The summed E-state index contributed by atoms with van der Waals surface area (Å²) in [7, 11) is 1.81. The first-order chi connectivity index (χ1) is 9.04. The first kappa shape index (κ1) is 13.7. The van der Waals surface area contributed by atoms with Crippen LogP contribution in [-0.2, 0) is 19.9 Å². The molecule has 0 bridgehead atoms. The fourth-order valence-electron chi connectivity index (χ4n) is 2.04. The summed E-state index contributed by atoms with van der Waals surface area (Å²) >= 11 is 6.25. The average molecular weight is 278 g/mol. The highest BCUT2D eigenvalue weighted by atomic mass is 35.5. The molecule has 2 rings (SSSR count). The molecule has 0 amide bonds. The van der Waals surface area contributed by atoms with E-state index < -0.39 is 0 Å². The van der Waals surface area contributed by atoms with Crippen LogP contribution >= 0.6 is 11.6 Å². The molecule has 0 radical (unpaired) electrons. The van der Waals surface area contributed by atoms with Gasteiger partial charge in [0, 0.05) is 24.5 Å². The van der Waals surface area contributed by atoms with Crippen LogP contribution in [0.5, 0.6) is 0 Å². The summed E-state index contributed by atoms with van der Waals surface area (Å²) in [6.45, 7) is 3.82. The smallest absolute Gasteiger partial charge is 0.170 e. The number of halogens is 1. The number of nitrogens with zero attached hydrogens (tertiary/aromatic N) is 3. The zero-order valence-corrected chi connectivity index (χ0v) is 12.0. The predicted molar refractivity (Wildman–Crippen MR) is 74.6 cm³/mol. The molecule has 0 atom stereocenters. The van der Waals surface area contributed by atoms with Gasteiger partial charge in [-0.2, -0.15) is 5.10 Å². The van der Waals surface area contributed by atoms with E-state index in [0.29, 0.717) is 10.6 Å². The summed E-state index contributed by atoms with van der Waals surface area (Å²) < 4.78 is 1.69. The Morgan fingerprint density at radius 3 is 2.79 bits per heavy atom. The van der Waals surface area contributed by atoms with Crippen molar-refractivity contribution in [3.63, 3.8) is 0 Å². The van der Waals surface area contributed by atoms with Crippen molar-refractivity contribution < 1.29 is 4.79 Å². The number of pyridine rings is 1. The van der Waals surface area contributed by atoms with Crippen molar-refractivity contribution in [2.24, 2.45) is 7.05 Å². The lowest BCUT2D eigenvalue weighted by Crippen LogP contribution is -2.10. The van der Waals surface area contributed by atoms with Crippen molar-refractivity contribution in [2.45, 2.75) is 26.7 Å². The number of ketones is 1. The van der Waals surface area contributed by atoms with Crippen LogP contribution in [0.4, 0.5) is 0 Å². The third kappa shape index (κ3) is 2.68. The molecule has 4 nitrogen and oxygen atoms in total. The number of aromatic nitrogens is 3. The monoisotopic (exact) mass is 277 g/mol. The first-order valence-corrected chi connectivity index (χ1v) is 6.57. The number of carbonyl (C=O) groups excluding carboxylic acids is 1. The summed E-state index contributed by atoms with van der Waals surface area (Å²) in [5.41, 5.74) is 2.96. The Morgan fingerprint density at radius 2 is 2.21 bits per heavy atom. The van der Waals surface area contributed by atoms with Crippen LogP contribution in [0.15, 0.2) is 18.3 Å². The van der Waals surface area contributed by atoms with E-state index in [2.05, 4.69) is 10.1 Å². The molecule has 19 heavy (non-hydrogen) atoms. The van der Waals surface area contributed by atoms with Gasteiger partial charge in [0.25, 0.3) is 0 Å². The van der Waals surface area contributed by atoms with Crippen molar-refractivity contribution in [3.8, 4) is 0 Å². The van der Waals surface area contributed by atoms with E-state index in [9.17, 15) is 4.79 Å². The molecule has 2 heterocycles. The lowest BCUT2D eigenvalue weighted by atomic mass is 10.1. The molecule has 0 unspecified atom stereocenters. The van der Waals surface area contributed by atoms with Crippen molar-refractivity contribution in [1.29, 1.82) is 0 Å². The average Bonchev–Trinajstić information content (AvgIpc) is 2.66. The van der Waals surface area contributed by atoms with E-state index in [4.69, 9.17) is 11.6 Å². The van der Waals surface area contributed by atoms with Gasteiger partial charge in [-0.3, -0.25) is 14.5 Å². The maximum atomic E-state index is 12.3. The molecule has 0 aromatic carbocycles. The second kappa shape index (κ2) is 5.53. The highest BCUT2D eigenvalue weighted by molar-refractivity contribution is 6.32. The van der Waals surface area contributed by atoms with Gasteiger partial charge in [0.15, 0.2) is 5.78 Å². The second-order valence-electron chi connectivity index (χ2n) is 4.42. The molecule has 0 N–H and O–H groups in total. The van der Waals surface area contributed by atoms with Gasteiger partial charge < -0.3 is 0 Å². The van der Waals surface area contributed by atoms with Gasteiger partial charge in [-0.25, -0.2) is 0 Å². The predicted octanol–water partition coefficient (Wildman–Crippen LogP) is 2.76. The van der Waals surface area contributed by atoms with Gasteiger partial charge >= 0.3 is 0 Å². The second-order valence-corrected chi connectivity index (χ2v) is 4.80. The Morgan fingerprint density at radius 1 is 1.47 bits per heavy atom. The zero-order chi connectivity index (χ0) is 14.0. The molecule has 2 aromatic heterocycles. The van der Waals surface area contributed by atoms with Crippen LogP contribution in [0.2, 0.25) is 5.02 Å². The molecule has 0 spiro atoms. The minimum atomic E-state index is 0.0122. The molecule has 5 heteroatoms. The van der Waals surface area contributed by atoms with Gasteiger partial charge in [0.2, 0.25) is 0 Å². The standard InChI is InChI=1S/C14H16ClN3O/c1-4-11-14(15)12(18(3)17-11)8-13(19)10-6-5-7-16-9(10)2/h5-7H,4,8H2,1-3H3. The third-order valence-electron chi connectivity index (χ3n) is 3.14. The highest BCUT2D eigenvalue weighted by Gasteiger charge is 2.18. The Kier molecular flexibility index (Phi) is 4.00. The maximum absolute atomic E-state index is 12.3. The number of Topliss-reactive ketones (excluding diaryl/α,β-unsaturated/α-hetero) is 1. The fourth-order valence-corrected chi connectivity index (χ4v) is 2.40. The van der Waals surface area contributed by atoms with Gasteiger partial charge in [-0.15, -0.1) is 0 Å². The minimum Gasteiger partial charge on any atom is -0.294 e. The molecule has 0 saturated heterocycles. The van der Waals surface area contributed by atoms with Gasteiger partial charge in [0.1, 0.15) is 0 Å². The van der Waals surface area contributed by atoms with Crippen molar-refractivity contribution in [2.75, 3.05) is 0 Å². The molecular weight excluding hydrogens is 262 g/mol. The van der Waals surface area contributed by atoms with E-state index in [1.165, 1.54) is 0 Å². The van der Waals surface area contributed by atoms with Crippen LogP contribution in [-0.4, -0.2) is 20.5 Å². The Balaban J connectivity index is 2.30. The Bertz CT molecular complexity index is 619. The molecular formula is C14H16ClN3O. The van der Waals surface area contributed by atoms with Crippen LogP contribution in [0, 0.1) is 6.92 Å². The number of rotatable bonds is 4. The third-order valence-corrected chi connectivity index (χ3v) is 3.57. The topological polar surface area (TPSA) is 47.8 Å². The quantitative estimate of drug-likeness (QED) is 0.808. The largest absolute Gasteiger partial charge is 0.294 e. The van der Waals surface area contributed by atoms with E-state index in [0.717, 1.165) is 23.5 Å². The van der Waals surface area contributed by atoms with Crippen molar-refractivity contribution >= 4 is 17.4 Å². The van der Waals surface area contributed by atoms with Crippen molar-refractivity contribution in [1.82, 2.24) is 14.8 Å². The number of carbonyl (C=O) groups is 1. The first-order valence-electron chi connectivity index (χ1n) is 6.19. The lowest BCUT2D eigenvalue weighted by Gasteiger charge is -2.05. The lowest BCUT2D eigenvalue weighted by molar-refractivity contribution is 0.0990. The van der Waals surface area contributed by atoms with Crippen LogP contribution in [0.1, 0.15) is 34.4 Å². The summed E-state index contributed by atoms with van der Waals surface area (Å²) in [6.07, 6.45) is 2.68. The fraction of sp³-hybridized carbons (Fsp3) is 0.357. The number of hydrogen-bond acceptors (Lipinski definition) is 3. The maximum Gasteiger partial charge on any atom is 0.170 e. The molecule has 0 aliphatic carbocycles. The van der Waals surface area contributed by atoms with Crippen LogP contribution in [0.3, 0.4) is 0 Å². The van der Waals surface area contributed by atoms with Gasteiger partial charge in [-0.1, -0.05) is 18.5 Å². The van der Waals surface area contributed by atoms with E-state index in [-0.39, 0.29) is 12.2 Å². The summed E-state index contributed by atoms with van der Waals surface area (Å²) in [6, 6.07) is 3.55. The SMILES string of the molecule is CCc1nn(C)c(CC(=O)c2cccnc2C)c1Cl. The molecule has 0 aliphatic heterocycles. The molecule has 2 aromatic rings. The molecule has 0 fully saturated rings. The van der Waals surface area contributed by atoms with Crippen molar-refractivity contribution in [3.05, 3.63) is 46.0 Å². The Hall–Kier alpha value is -1.68.